The summed E-state index contributed by atoms with van der Waals surface area (Å²) in [6.07, 6.45) is 13.6. The third kappa shape index (κ3) is 5.46. The fraction of sp³-hybridized carbons (Fsp3) is 0.133. The molecule has 3 heterocycles. The first kappa shape index (κ1) is 24.5. The zero-order chi connectivity index (χ0) is 26.3. The number of nitrogens with one attached hydrogen (secondary N) is 3. The summed E-state index contributed by atoms with van der Waals surface area (Å²) in [7, 11) is 0. The molecule has 5 rings (SSSR count). The molecule has 1 saturated heterocycles. The Morgan fingerprint density at radius 3 is 2.68 bits per heavy atom. The number of aromatic nitrogens is 2. The molecule has 8 nitrogen and oxygen atoms in total. The number of anilines is 3. The van der Waals surface area contributed by atoms with Crippen molar-refractivity contribution in [2.75, 3.05) is 23.7 Å². The van der Waals surface area contributed by atoms with Gasteiger partial charge in [-0.05, 0) is 68.4 Å². The number of benzene rings is 2. The molecule has 2 aromatic carbocycles. The molecule has 0 saturated carbocycles. The van der Waals surface area contributed by atoms with Crippen molar-refractivity contribution in [1.82, 2.24) is 15.3 Å². The molecule has 3 N–H and O–H groups in total. The zero-order valence-corrected chi connectivity index (χ0v) is 20.5. The number of ether oxygens (including phenoxy) is 1. The largest absolute Gasteiger partial charge is 0.455 e. The predicted octanol–water partition coefficient (Wildman–Crippen LogP) is 5.27. The lowest BCUT2D eigenvalue weighted by atomic mass is 10.0. The average Bonchev–Trinajstić information content (AvgIpc) is 2.95. The molecule has 186 valence electrons. The van der Waals surface area contributed by atoms with Crippen molar-refractivity contribution >= 4 is 33.9 Å². The van der Waals surface area contributed by atoms with Crippen LogP contribution in [0.5, 0.6) is 11.5 Å². The summed E-state index contributed by atoms with van der Waals surface area (Å²) in [6, 6.07) is 16.6. The first-order chi connectivity index (χ1) is 18.6. The maximum Gasteiger partial charge on any atom is 0.248 e. The molecule has 1 fully saturated rings. The van der Waals surface area contributed by atoms with E-state index in [1.54, 1.807) is 36.7 Å². The van der Waals surface area contributed by atoms with E-state index in [0.717, 1.165) is 37.2 Å². The molecule has 0 bridgehead atoms. The molecular formula is C30H24N6O2. The molecular weight excluding hydrogens is 476 g/mol. The van der Waals surface area contributed by atoms with Crippen LogP contribution in [0.3, 0.4) is 0 Å². The topological polar surface area (TPSA) is 112 Å². The molecule has 0 unspecified atom stereocenters. The van der Waals surface area contributed by atoms with Crippen LogP contribution in [0.25, 0.3) is 10.9 Å². The first-order valence-electron chi connectivity index (χ1n) is 12.1. The minimum Gasteiger partial charge on any atom is -0.455 e. The van der Waals surface area contributed by atoms with E-state index in [9.17, 15) is 10.1 Å². The molecule has 0 atom stereocenters. The Morgan fingerprint density at radius 2 is 1.92 bits per heavy atom. The third-order valence-electron chi connectivity index (χ3n) is 6.13. The second-order valence-corrected chi connectivity index (χ2v) is 8.67. The van der Waals surface area contributed by atoms with Crippen molar-refractivity contribution in [2.45, 2.75) is 12.8 Å². The Kier molecular flexibility index (Phi) is 7.26. The maximum atomic E-state index is 13.1. The van der Waals surface area contributed by atoms with Gasteiger partial charge in [0.25, 0.3) is 0 Å². The summed E-state index contributed by atoms with van der Waals surface area (Å²) in [4.78, 5) is 21.7. The summed E-state index contributed by atoms with van der Waals surface area (Å²) in [5.74, 6) is 3.33. The number of pyridine rings is 2. The Balaban J connectivity index is 1.61. The monoisotopic (exact) mass is 500 g/mol. The number of amides is 1. The second-order valence-electron chi connectivity index (χ2n) is 8.67. The lowest BCUT2D eigenvalue weighted by Gasteiger charge is -2.18. The fourth-order valence-corrected chi connectivity index (χ4v) is 4.27. The quantitative estimate of drug-likeness (QED) is 0.244. The highest BCUT2D eigenvalue weighted by Crippen LogP contribution is 2.39. The summed E-state index contributed by atoms with van der Waals surface area (Å²) >= 11 is 0. The number of terminal acetylenes is 1. The summed E-state index contributed by atoms with van der Waals surface area (Å²) in [5.41, 5.74) is 4.29. The molecule has 0 radical (unpaired) electrons. The molecule has 1 aliphatic heterocycles. The van der Waals surface area contributed by atoms with E-state index in [-0.39, 0.29) is 5.91 Å². The van der Waals surface area contributed by atoms with Crippen molar-refractivity contribution in [2.24, 2.45) is 0 Å². The van der Waals surface area contributed by atoms with E-state index in [2.05, 4.69) is 37.9 Å². The highest BCUT2D eigenvalue weighted by atomic mass is 16.5. The van der Waals surface area contributed by atoms with Crippen molar-refractivity contribution in [3.05, 3.63) is 89.9 Å². The Bertz CT molecular complexity index is 1610. The van der Waals surface area contributed by atoms with Crippen molar-refractivity contribution in [1.29, 1.82) is 5.26 Å². The van der Waals surface area contributed by atoms with Crippen LogP contribution < -0.4 is 20.7 Å². The lowest BCUT2D eigenvalue weighted by molar-refractivity contribution is -0.112. The normalized spacial score (nSPS) is 12.7. The van der Waals surface area contributed by atoms with Crippen LogP contribution in [-0.4, -0.2) is 29.0 Å². The third-order valence-corrected chi connectivity index (χ3v) is 6.13. The minimum absolute atomic E-state index is 0.267. The van der Waals surface area contributed by atoms with Crippen LogP contribution in [0.4, 0.5) is 17.1 Å². The van der Waals surface area contributed by atoms with Gasteiger partial charge < -0.3 is 20.7 Å². The predicted molar refractivity (Wildman–Crippen MR) is 147 cm³/mol. The molecule has 2 aromatic heterocycles. The van der Waals surface area contributed by atoms with Crippen molar-refractivity contribution in [3.63, 3.8) is 0 Å². The lowest BCUT2D eigenvalue weighted by Crippen LogP contribution is -2.24. The highest BCUT2D eigenvalue weighted by molar-refractivity contribution is 6.10. The number of carbonyl (C=O) groups excluding carboxylic acids is 1. The zero-order valence-electron chi connectivity index (χ0n) is 20.5. The molecule has 1 aliphatic rings. The number of hydrogen-bond acceptors (Lipinski definition) is 7. The summed E-state index contributed by atoms with van der Waals surface area (Å²) in [6.45, 7) is 1.69. The van der Waals surface area contributed by atoms with E-state index in [4.69, 9.17) is 11.2 Å². The van der Waals surface area contributed by atoms with Crippen LogP contribution in [0, 0.1) is 23.7 Å². The van der Waals surface area contributed by atoms with Crippen LogP contribution in [0.2, 0.25) is 0 Å². The van der Waals surface area contributed by atoms with Crippen LogP contribution in [0.15, 0.2) is 78.8 Å². The molecule has 1 amide bonds. The van der Waals surface area contributed by atoms with Gasteiger partial charge in [0.2, 0.25) is 5.91 Å². The number of piperidine rings is 1. The van der Waals surface area contributed by atoms with Gasteiger partial charge in [-0.1, -0.05) is 17.6 Å². The molecule has 0 spiro atoms. The minimum atomic E-state index is -0.267. The molecule has 38 heavy (non-hydrogen) atoms. The van der Waals surface area contributed by atoms with Gasteiger partial charge in [-0.25, -0.2) is 0 Å². The fourth-order valence-electron chi connectivity index (χ4n) is 4.27. The first-order valence-corrected chi connectivity index (χ1v) is 12.1. The van der Waals surface area contributed by atoms with Gasteiger partial charge in [0, 0.05) is 41.3 Å². The Labute approximate surface area is 220 Å². The van der Waals surface area contributed by atoms with Gasteiger partial charge in [-0.2, -0.15) is 5.26 Å². The van der Waals surface area contributed by atoms with E-state index >= 15 is 0 Å². The highest BCUT2D eigenvalue weighted by Gasteiger charge is 2.19. The van der Waals surface area contributed by atoms with E-state index < -0.39 is 0 Å². The smallest absolute Gasteiger partial charge is 0.248 e. The maximum absolute atomic E-state index is 13.1. The Hall–Kier alpha value is -5.18. The van der Waals surface area contributed by atoms with Crippen LogP contribution in [-0.2, 0) is 4.79 Å². The average molecular weight is 501 g/mol. The van der Waals surface area contributed by atoms with Gasteiger partial charge in [-0.3, -0.25) is 14.8 Å². The van der Waals surface area contributed by atoms with Crippen molar-refractivity contribution in [3.8, 4) is 29.9 Å². The van der Waals surface area contributed by atoms with E-state index in [0.29, 0.717) is 44.9 Å². The van der Waals surface area contributed by atoms with Gasteiger partial charge in [0.1, 0.15) is 17.5 Å². The van der Waals surface area contributed by atoms with E-state index in [1.165, 1.54) is 6.20 Å². The molecule has 8 heteroatoms. The van der Waals surface area contributed by atoms with Crippen molar-refractivity contribution < 1.29 is 9.53 Å². The number of hydrogen-bond donors (Lipinski definition) is 3. The Morgan fingerprint density at radius 1 is 1.11 bits per heavy atom. The summed E-state index contributed by atoms with van der Waals surface area (Å²) < 4.78 is 6.12. The number of rotatable bonds is 6. The van der Waals surface area contributed by atoms with Gasteiger partial charge >= 0.3 is 0 Å². The number of carbonyl (C=O) groups is 1. The SMILES string of the molecule is C#Cc1cccc(Nc2c(C#N)cnc3c(NC(=O)C=C4CCNCC4)c(Oc4ccncc4)ccc23)c1. The molecule has 0 aliphatic carbocycles. The van der Waals surface area contributed by atoms with E-state index in [1.807, 2.05) is 30.3 Å². The van der Waals surface area contributed by atoms with Gasteiger partial charge in [0.15, 0.2) is 5.75 Å². The van der Waals surface area contributed by atoms with Crippen LogP contribution >= 0.6 is 0 Å². The van der Waals surface area contributed by atoms with Gasteiger partial charge in [0.05, 0.1) is 16.8 Å². The number of nitrogens with zero attached hydrogens (tertiary/aromatic N) is 3. The molecule has 4 aromatic rings. The van der Waals surface area contributed by atoms with Gasteiger partial charge in [-0.15, -0.1) is 6.42 Å². The standard InChI is InChI=1S/C30H24N6O2/c1-2-20-4-3-5-23(16-20)35-28-22(18-31)19-34-29-25(28)6-7-26(38-24-10-14-33-15-11-24)30(29)36-27(37)17-21-8-12-32-13-9-21/h1,3-7,10-11,14-17,19,32H,8-9,12-13H2,(H,34,35)(H,36,37). The second kappa shape index (κ2) is 11.3. The van der Waals surface area contributed by atoms with Crippen LogP contribution in [0.1, 0.15) is 24.0 Å². The summed E-state index contributed by atoms with van der Waals surface area (Å²) in [5, 5.41) is 20.1. The number of nitriles is 1. The number of fused-ring (bicyclic) bond motifs is 1.